The molecule has 0 saturated heterocycles. The third-order valence-electron chi connectivity index (χ3n) is 2.04. The highest BCUT2D eigenvalue weighted by Crippen LogP contribution is 2.26. The molecule has 1 atom stereocenters. The molecule has 8 heteroatoms. The fourth-order valence-corrected chi connectivity index (χ4v) is 3.68. The van der Waals surface area contributed by atoms with Gasteiger partial charge in [0, 0.05) is 4.91 Å². The van der Waals surface area contributed by atoms with Crippen molar-refractivity contribution in [1.82, 2.24) is 4.98 Å². The minimum Gasteiger partial charge on any atom is -0.251 e. The van der Waals surface area contributed by atoms with Crippen molar-refractivity contribution in [1.29, 1.82) is 0 Å². The summed E-state index contributed by atoms with van der Waals surface area (Å²) in [7, 11) is -1.24. The fourth-order valence-electron chi connectivity index (χ4n) is 1.30. The molecule has 2 rings (SSSR count). The Kier molecular flexibility index (Phi) is 3.96. The minimum atomic E-state index is -1.24. The Morgan fingerprint density at radius 1 is 1.59 bits per heavy atom. The average molecular weight is 287 g/mol. The van der Waals surface area contributed by atoms with Crippen LogP contribution in [-0.4, -0.2) is 14.4 Å². The molecule has 17 heavy (non-hydrogen) atoms. The van der Waals surface area contributed by atoms with Gasteiger partial charge >= 0.3 is 0 Å². The van der Waals surface area contributed by atoms with Crippen molar-refractivity contribution in [2.24, 2.45) is 5.11 Å². The molecule has 1 heterocycles. The molecule has 1 unspecified atom stereocenters. The van der Waals surface area contributed by atoms with E-state index in [1.54, 1.807) is 0 Å². The quantitative estimate of drug-likeness (QED) is 0.374. The van der Waals surface area contributed by atoms with E-state index in [-0.39, 0.29) is 5.21 Å². The van der Waals surface area contributed by atoms with Crippen LogP contribution in [-0.2, 0) is 17.3 Å². The number of alkyl halides is 1. The van der Waals surface area contributed by atoms with Crippen LogP contribution in [0.15, 0.2) is 27.7 Å². The molecule has 0 aliphatic rings. The molecule has 2 aromatic rings. The summed E-state index contributed by atoms with van der Waals surface area (Å²) in [4.78, 5) is 6.94. The number of nitrogens with zero attached hydrogens (tertiary/aromatic N) is 4. The van der Waals surface area contributed by atoms with Crippen LogP contribution < -0.4 is 0 Å². The standard InChI is InChI=1S/C9H7ClN4OS2/c10-5-17(15)9-13-7-2-1-6(4-12-14-11)3-8(7)16-9/h1-3H,4-5H2. The third kappa shape index (κ3) is 2.76. The van der Waals surface area contributed by atoms with Gasteiger partial charge in [-0.3, -0.25) is 4.21 Å². The van der Waals surface area contributed by atoms with Crippen LogP contribution in [0.4, 0.5) is 0 Å². The third-order valence-corrected chi connectivity index (χ3v) is 4.94. The molecule has 0 bridgehead atoms. The second kappa shape index (κ2) is 5.46. The second-order valence-corrected chi connectivity index (χ2v) is 6.37. The number of hydrogen-bond donors (Lipinski definition) is 0. The predicted molar refractivity (Wildman–Crippen MR) is 69.6 cm³/mol. The molecule has 1 aromatic heterocycles. The average Bonchev–Trinajstić information content (AvgIpc) is 2.78. The maximum absolute atomic E-state index is 11.5. The molecule has 0 aliphatic carbocycles. The number of halogens is 1. The largest absolute Gasteiger partial charge is 0.251 e. The van der Waals surface area contributed by atoms with E-state index in [1.807, 2.05) is 18.2 Å². The summed E-state index contributed by atoms with van der Waals surface area (Å²) in [5.74, 6) is 0. The van der Waals surface area contributed by atoms with Crippen molar-refractivity contribution in [2.45, 2.75) is 10.9 Å². The first-order chi connectivity index (χ1) is 8.24. The van der Waals surface area contributed by atoms with E-state index in [9.17, 15) is 4.21 Å². The summed E-state index contributed by atoms with van der Waals surface area (Å²) < 4.78 is 12.9. The zero-order chi connectivity index (χ0) is 12.3. The summed E-state index contributed by atoms with van der Waals surface area (Å²) in [6.45, 7) is 0.304. The van der Waals surface area contributed by atoms with Crippen molar-refractivity contribution in [3.63, 3.8) is 0 Å². The van der Waals surface area contributed by atoms with Crippen molar-refractivity contribution >= 4 is 44.0 Å². The van der Waals surface area contributed by atoms with Crippen molar-refractivity contribution < 1.29 is 4.21 Å². The van der Waals surface area contributed by atoms with Gasteiger partial charge in [-0.05, 0) is 23.2 Å². The van der Waals surface area contributed by atoms with Gasteiger partial charge in [0.15, 0.2) is 4.34 Å². The van der Waals surface area contributed by atoms with Gasteiger partial charge in [-0.1, -0.05) is 11.2 Å². The molecular weight excluding hydrogens is 280 g/mol. The normalized spacial score (nSPS) is 12.3. The molecule has 0 N–H and O–H groups in total. The van der Waals surface area contributed by atoms with E-state index in [0.717, 1.165) is 15.8 Å². The number of thiazole rings is 1. The Morgan fingerprint density at radius 3 is 3.12 bits per heavy atom. The van der Waals surface area contributed by atoms with Crippen LogP contribution in [0.3, 0.4) is 0 Å². The lowest BCUT2D eigenvalue weighted by Crippen LogP contribution is -1.89. The topological polar surface area (TPSA) is 78.7 Å². The van der Waals surface area contributed by atoms with E-state index < -0.39 is 10.8 Å². The lowest BCUT2D eigenvalue weighted by atomic mass is 10.2. The number of aromatic nitrogens is 1. The molecule has 1 aromatic carbocycles. The van der Waals surface area contributed by atoms with Crippen LogP contribution in [0.2, 0.25) is 0 Å². The molecule has 0 saturated carbocycles. The number of rotatable bonds is 4. The molecule has 0 fully saturated rings. The number of fused-ring (bicyclic) bond motifs is 1. The number of azide groups is 1. The first-order valence-electron chi connectivity index (χ1n) is 4.59. The number of hydrogen-bond acceptors (Lipinski definition) is 4. The van der Waals surface area contributed by atoms with Gasteiger partial charge in [-0.25, -0.2) is 4.98 Å². The first kappa shape index (κ1) is 12.3. The molecule has 0 radical (unpaired) electrons. The molecule has 0 spiro atoms. The molecule has 0 amide bonds. The van der Waals surface area contributed by atoms with E-state index in [0.29, 0.717) is 10.9 Å². The molecule has 0 aliphatic heterocycles. The second-order valence-electron chi connectivity index (χ2n) is 3.13. The van der Waals surface area contributed by atoms with Gasteiger partial charge in [-0.15, -0.1) is 22.9 Å². The fraction of sp³-hybridized carbons (Fsp3) is 0.222. The summed E-state index contributed by atoms with van der Waals surface area (Å²) in [6.07, 6.45) is 0. The van der Waals surface area contributed by atoms with Crippen LogP contribution >= 0.6 is 22.9 Å². The Balaban J connectivity index is 2.40. The van der Waals surface area contributed by atoms with Crippen molar-refractivity contribution in [2.75, 3.05) is 5.21 Å². The highest BCUT2D eigenvalue weighted by atomic mass is 35.5. The van der Waals surface area contributed by atoms with Gasteiger partial charge in [-0.2, -0.15) is 0 Å². The summed E-state index contributed by atoms with van der Waals surface area (Å²) in [5.41, 5.74) is 9.93. The Labute approximate surface area is 109 Å². The SMILES string of the molecule is [N-]=[N+]=NCc1ccc2nc(S(=O)CCl)sc2c1. The zero-order valence-electron chi connectivity index (χ0n) is 8.54. The van der Waals surface area contributed by atoms with Crippen molar-refractivity contribution in [3.05, 3.63) is 34.2 Å². The van der Waals surface area contributed by atoms with E-state index in [2.05, 4.69) is 15.0 Å². The summed E-state index contributed by atoms with van der Waals surface area (Å²) in [6, 6.07) is 5.55. The maximum atomic E-state index is 11.5. The molecule has 5 nitrogen and oxygen atoms in total. The Hall–Kier alpha value is -1.14. The lowest BCUT2D eigenvalue weighted by molar-refractivity contribution is 0.685. The number of benzene rings is 1. The molecule has 88 valence electrons. The summed E-state index contributed by atoms with van der Waals surface area (Å²) >= 11 is 6.87. The predicted octanol–water partition coefficient (Wildman–Crippen LogP) is 3.41. The highest BCUT2D eigenvalue weighted by Gasteiger charge is 2.09. The van der Waals surface area contributed by atoms with Crippen LogP contribution in [0.5, 0.6) is 0 Å². The first-order valence-corrected chi connectivity index (χ1v) is 7.26. The zero-order valence-corrected chi connectivity index (χ0v) is 10.9. The Bertz CT molecular complexity index is 620. The van der Waals surface area contributed by atoms with Crippen molar-refractivity contribution in [3.8, 4) is 0 Å². The van der Waals surface area contributed by atoms with Gasteiger partial charge in [0.25, 0.3) is 0 Å². The Morgan fingerprint density at radius 2 is 2.41 bits per heavy atom. The van der Waals surface area contributed by atoms with Crippen LogP contribution in [0.25, 0.3) is 20.7 Å². The van der Waals surface area contributed by atoms with Gasteiger partial charge in [0.05, 0.1) is 27.6 Å². The maximum Gasteiger partial charge on any atom is 0.183 e. The van der Waals surface area contributed by atoms with E-state index >= 15 is 0 Å². The molecular formula is C9H7ClN4OS2. The minimum absolute atomic E-state index is 0.0470. The highest BCUT2D eigenvalue weighted by molar-refractivity contribution is 7.88. The summed E-state index contributed by atoms with van der Waals surface area (Å²) in [5, 5.41) is 3.54. The van der Waals surface area contributed by atoms with Crippen LogP contribution in [0, 0.1) is 0 Å². The van der Waals surface area contributed by atoms with Gasteiger partial charge in [0.1, 0.15) is 5.21 Å². The van der Waals surface area contributed by atoms with Crippen LogP contribution in [0.1, 0.15) is 5.56 Å². The lowest BCUT2D eigenvalue weighted by Gasteiger charge is -1.93. The van der Waals surface area contributed by atoms with Gasteiger partial charge < -0.3 is 0 Å². The van der Waals surface area contributed by atoms with E-state index in [4.69, 9.17) is 17.1 Å². The monoisotopic (exact) mass is 286 g/mol. The smallest absolute Gasteiger partial charge is 0.183 e. The van der Waals surface area contributed by atoms with E-state index in [1.165, 1.54) is 11.3 Å². The van der Waals surface area contributed by atoms with Gasteiger partial charge in [0.2, 0.25) is 0 Å².